The van der Waals surface area contributed by atoms with Gasteiger partial charge in [-0.3, -0.25) is 4.21 Å². The minimum absolute atomic E-state index is 0.0251. The molecule has 0 aliphatic heterocycles. The molecule has 1 rings (SSSR count). The van der Waals surface area contributed by atoms with Crippen LogP contribution in [0.5, 0.6) is 0 Å². The smallest absolute Gasteiger partial charge is 0.243 e. The Morgan fingerprint density at radius 1 is 1.37 bits per heavy atom. The average molecular weight is 409 g/mol. The maximum atomic E-state index is 12.1. The van der Waals surface area contributed by atoms with Crippen molar-refractivity contribution in [2.24, 2.45) is 0 Å². The summed E-state index contributed by atoms with van der Waals surface area (Å²) in [5.41, 5.74) is 0. The van der Waals surface area contributed by atoms with Gasteiger partial charge in [-0.15, -0.1) is 0 Å². The lowest BCUT2D eigenvalue weighted by molar-refractivity contribution is 0.581. The molecule has 0 amide bonds. The molecule has 4 nitrogen and oxygen atoms in total. The normalized spacial score (nSPS) is 15.2. The molecule has 1 N–H and O–H groups in total. The first-order chi connectivity index (χ1) is 8.65. The minimum atomic E-state index is -3.84. The molecule has 108 valence electrons. The molecule has 0 aromatic heterocycles. The van der Waals surface area contributed by atoms with Crippen molar-refractivity contribution < 1.29 is 12.6 Å². The summed E-state index contributed by atoms with van der Waals surface area (Å²) in [5, 5.41) is -0.253. The van der Waals surface area contributed by atoms with Crippen LogP contribution in [0, 0.1) is 0 Å². The Morgan fingerprint density at radius 3 is 2.26 bits per heavy atom. The first-order valence-corrected chi connectivity index (χ1v) is 9.77. The van der Waals surface area contributed by atoms with Crippen LogP contribution in [0.15, 0.2) is 21.5 Å². The fourth-order valence-electron chi connectivity index (χ4n) is 1.20. The van der Waals surface area contributed by atoms with E-state index in [2.05, 4.69) is 20.7 Å². The highest BCUT2D eigenvalue weighted by Crippen LogP contribution is 2.32. The van der Waals surface area contributed by atoms with Crippen LogP contribution in [0.25, 0.3) is 0 Å². The van der Waals surface area contributed by atoms with Gasteiger partial charge in [0, 0.05) is 33.3 Å². The van der Waals surface area contributed by atoms with Gasteiger partial charge in [0.2, 0.25) is 10.0 Å². The third kappa shape index (κ3) is 4.68. The van der Waals surface area contributed by atoms with Gasteiger partial charge in [0.15, 0.2) is 0 Å². The van der Waals surface area contributed by atoms with Gasteiger partial charge in [-0.2, -0.15) is 0 Å². The second-order valence-electron chi connectivity index (χ2n) is 3.86. The summed E-state index contributed by atoms with van der Waals surface area (Å²) in [5.74, 6) is 0. The molecule has 0 aliphatic rings. The highest BCUT2D eigenvalue weighted by molar-refractivity contribution is 9.10. The van der Waals surface area contributed by atoms with Gasteiger partial charge in [0.25, 0.3) is 0 Å². The number of hydrogen-bond donors (Lipinski definition) is 1. The first kappa shape index (κ1) is 17.4. The lowest BCUT2D eigenvalue weighted by atomic mass is 10.4. The van der Waals surface area contributed by atoms with E-state index < -0.39 is 20.8 Å². The van der Waals surface area contributed by atoms with Crippen molar-refractivity contribution in [2.45, 2.75) is 17.1 Å². The monoisotopic (exact) mass is 407 g/mol. The topological polar surface area (TPSA) is 63.2 Å². The van der Waals surface area contributed by atoms with Crippen molar-refractivity contribution >= 4 is 60.0 Å². The van der Waals surface area contributed by atoms with Crippen LogP contribution < -0.4 is 4.72 Å². The summed E-state index contributed by atoms with van der Waals surface area (Å²) in [4.78, 5) is -0.173. The van der Waals surface area contributed by atoms with E-state index in [-0.39, 0.29) is 26.7 Å². The molecule has 0 fully saturated rings. The molecule has 0 saturated carbocycles. The molecule has 9 heteroatoms. The molecule has 0 saturated heterocycles. The van der Waals surface area contributed by atoms with Crippen molar-refractivity contribution in [3.05, 3.63) is 26.7 Å². The van der Waals surface area contributed by atoms with Crippen LogP contribution in [0.1, 0.15) is 6.92 Å². The van der Waals surface area contributed by atoms with E-state index in [1.54, 1.807) is 6.92 Å². The van der Waals surface area contributed by atoms with E-state index in [1.165, 1.54) is 18.4 Å². The second-order valence-corrected chi connectivity index (χ2v) is 9.10. The Kier molecular flexibility index (Phi) is 6.28. The Morgan fingerprint density at radius 2 is 1.84 bits per heavy atom. The van der Waals surface area contributed by atoms with E-state index in [4.69, 9.17) is 23.2 Å². The van der Waals surface area contributed by atoms with E-state index in [0.29, 0.717) is 4.47 Å². The maximum absolute atomic E-state index is 12.1. The zero-order valence-electron chi connectivity index (χ0n) is 10.1. The van der Waals surface area contributed by atoms with E-state index in [9.17, 15) is 12.6 Å². The summed E-state index contributed by atoms with van der Waals surface area (Å²) < 4.78 is 38.4. The summed E-state index contributed by atoms with van der Waals surface area (Å²) in [7, 11) is -4.95. The molecule has 19 heavy (non-hydrogen) atoms. The van der Waals surface area contributed by atoms with Crippen molar-refractivity contribution in [1.29, 1.82) is 0 Å². The van der Waals surface area contributed by atoms with Crippen LogP contribution in [-0.2, 0) is 20.8 Å². The number of benzene rings is 1. The van der Waals surface area contributed by atoms with Crippen LogP contribution >= 0.6 is 39.1 Å². The lowest BCUT2D eigenvalue weighted by Crippen LogP contribution is -2.32. The van der Waals surface area contributed by atoms with Crippen molar-refractivity contribution in [3.63, 3.8) is 0 Å². The van der Waals surface area contributed by atoms with Crippen LogP contribution in [0.2, 0.25) is 10.0 Å². The summed E-state index contributed by atoms with van der Waals surface area (Å²) >= 11 is 15.0. The third-order valence-electron chi connectivity index (χ3n) is 2.36. The van der Waals surface area contributed by atoms with Crippen molar-refractivity contribution in [1.82, 2.24) is 4.72 Å². The van der Waals surface area contributed by atoms with Crippen LogP contribution in [0.3, 0.4) is 0 Å². The van der Waals surface area contributed by atoms with Gasteiger partial charge in [-0.1, -0.05) is 39.1 Å². The maximum Gasteiger partial charge on any atom is 0.243 e. The highest BCUT2D eigenvalue weighted by Gasteiger charge is 2.23. The second kappa shape index (κ2) is 6.87. The number of hydrogen-bond acceptors (Lipinski definition) is 3. The molecule has 2 atom stereocenters. The minimum Gasteiger partial charge on any atom is -0.260 e. The summed E-state index contributed by atoms with van der Waals surface area (Å²) in [6.45, 7) is 1.73. The molecule has 0 radical (unpaired) electrons. The van der Waals surface area contributed by atoms with E-state index >= 15 is 0 Å². The fraction of sp³-hybridized carbons (Fsp3) is 0.400. The molecule has 0 spiro atoms. The fourth-order valence-corrected chi connectivity index (χ4v) is 4.69. The molecular weight excluding hydrogens is 397 g/mol. The zero-order chi connectivity index (χ0) is 14.8. The van der Waals surface area contributed by atoms with Gasteiger partial charge < -0.3 is 0 Å². The van der Waals surface area contributed by atoms with Crippen LogP contribution in [-0.4, -0.2) is 30.7 Å². The predicted octanol–water partition coefficient (Wildman–Crippen LogP) is 2.80. The molecule has 0 aliphatic carbocycles. The third-order valence-corrected chi connectivity index (χ3v) is 6.46. The van der Waals surface area contributed by atoms with Crippen LogP contribution in [0.4, 0.5) is 0 Å². The van der Waals surface area contributed by atoms with Crippen molar-refractivity contribution in [3.8, 4) is 0 Å². The Hall–Kier alpha value is 0.340. The summed E-state index contributed by atoms with van der Waals surface area (Å²) in [6, 6.07) is 2.90. The molecule has 0 heterocycles. The zero-order valence-corrected chi connectivity index (χ0v) is 14.8. The van der Waals surface area contributed by atoms with E-state index in [1.807, 2.05) is 0 Å². The van der Waals surface area contributed by atoms with Gasteiger partial charge in [-0.25, -0.2) is 13.1 Å². The SMILES string of the molecule is CC(CNS(=O)(=O)c1c(Cl)cc(Br)cc1Cl)S(C)=O. The molecule has 1 aromatic carbocycles. The molecule has 0 bridgehead atoms. The largest absolute Gasteiger partial charge is 0.260 e. The van der Waals surface area contributed by atoms with Gasteiger partial charge in [0.1, 0.15) is 4.90 Å². The molecular formula is C10H12BrCl2NO3S2. The molecule has 2 unspecified atom stereocenters. The quantitative estimate of drug-likeness (QED) is 0.814. The number of rotatable bonds is 5. The number of sulfonamides is 1. The Balaban J connectivity index is 3.05. The van der Waals surface area contributed by atoms with Gasteiger partial charge >= 0.3 is 0 Å². The molecule has 1 aromatic rings. The highest BCUT2D eigenvalue weighted by atomic mass is 79.9. The number of halogens is 3. The lowest BCUT2D eigenvalue weighted by Gasteiger charge is -2.13. The summed E-state index contributed by atoms with van der Waals surface area (Å²) in [6.07, 6.45) is 1.51. The van der Waals surface area contributed by atoms with Gasteiger partial charge in [0.05, 0.1) is 10.0 Å². The predicted molar refractivity (Wildman–Crippen MR) is 82.9 cm³/mol. The van der Waals surface area contributed by atoms with Crippen molar-refractivity contribution in [2.75, 3.05) is 12.8 Å². The first-order valence-electron chi connectivity index (χ1n) is 5.11. The Bertz CT molecular complexity index is 584. The average Bonchev–Trinajstić information content (AvgIpc) is 2.23. The van der Waals surface area contributed by atoms with Gasteiger partial charge in [-0.05, 0) is 19.1 Å². The number of nitrogens with one attached hydrogen (secondary N) is 1. The Labute approximate surface area is 133 Å². The standard InChI is InChI=1S/C10H12BrCl2NO3S2/c1-6(18(2)15)5-14-19(16,17)10-8(12)3-7(11)4-9(10)13/h3-4,6,14H,5H2,1-2H3. The van der Waals surface area contributed by atoms with E-state index in [0.717, 1.165) is 0 Å².